The summed E-state index contributed by atoms with van der Waals surface area (Å²) in [5.74, 6) is -0.643. The monoisotopic (exact) mass is 411 g/mol. The summed E-state index contributed by atoms with van der Waals surface area (Å²) in [5, 5.41) is 23.8. The van der Waals surface area contributed by atoms with Crippen LogP contribution in [0.5, 0.6) is 0 Å². The number of fused-ring (bicyclic) bond motifs is 1. The molecule has 1 amide bonds. The molecule has 1 aliphatic rings. The van der Waals surface area contributed by atoms with Crippen molar-refractivity contribution in [3.8, 4) is 0 Å². The minimum absolute atomic E-state index is 0.0498. The van der Waals surface area contributed by atoms with E-state index in [0.717, 1.165) is 27.1 Å². The fourth-order valence-corrected chi connectivity index (χ4v) is 3.63. The molecule has 0 radical (unpaired) electrons. The van der Waals surface area contributed by atoms with Gasteiger partial charge in [0.15, 0.2) is 0 Å². The Labute approximate surface area is 170 Å². The normalized spacial score (nSPS) is 21.1. The number of amides is 1. The Balaban J connectivity index is 1.57. The van der Waals surface area contributed by atoms with E-state index in [0.29, 0.717) is 0 Å². The van der Waals surface area contributed by atoms with E-state index < -0.39 is 42.2 Å². The molecule has 3 atom stereocenters. The summed E-state index contributed by atoms with van der Waals surface area (Å²) in [7, 11) is 0. The van der Waals surface area contributed by atoms with Gasteiger partial charge in [0.2, 0.25) is 0 Å². The summed E-state index contributed by atoms with van der Waals surface area (Å²) in [6.07, 6.45) is -1.52. The molecule has 1 fully saturated rings. The van der Waals surface area contributed by atoms with Crippen molar-refractivity contribution in [2.45, 2.75) is 31.4 Å². The van der Waals surface area contributed by atoms with Gasteiger partial charge in [-0.05, 0) is 16.3 Å². The van der Waals surface area contributed by atoms with Crippen LogP contribution in [-0.4, -0.2) is 44.5 Å². The van der Waals surface area contributed by atoms with Crippen LogP contribution in [0.4, 0.5) is 0 Å². The van der Waals surface area contributed by atoms with Crippen LogP contribution in [-0.2, 0) is 11.3 Å². The van der Waals surface area contributed by atoms with Gasteiger partial charge in [0.05, 0.1) is 12.7 Å². The molecule has 0 spiro atoms. The molecule has 9 nitrogen and oxygen atoms in total. The average Bonchev–Trinajstić information content (AvgIpc) is 3.12. The zero-order chi connectivity index (χ0) is 21.3. The molecule has 1 saturated heterocycles. The zero-order valence-corrected chi connectivity index (χ0v) is 15.9. The molecule has 156 valence electrons. The minimum Gasteiger partial charge on any atom is -0.394 e. The second-order valence-electron chi connectivity index (χ2n) is 7.15. The Kier molecular flexibility index (Phi) is 5.49. The van der Waals surface area contributed by atoms with Crippen LogP contribution < -0.4 is 16.6 Å². The van der Waals surface area contributed by atoms with Gasteiger partial charge in [-0.3, -0.25) is 19.1 Å². The van der Waals surface area contributed by atoms with Crippen LogP contribution in [0.3, 0.4) is 0 Å². The van der Waals surface area contributed by atoms with E-state index in [1.807, 2.05) is 42.5 Å². The van der Waals surface area contributed by atoms with Crippen molar-refractivity contribution in [2.24, 2.45) is 0 Å². The maximum absolute atomic E-state index is 12.7. The van der Waals surface area contributed by atoms with Gasteiger partial charge in [0, 0.05) is 19.2 Å². The summed E-state index contributed by atoms with van der Waals surface area (Å²) in [6.45, 7) is -0.210. The van der Waals surface area contributed by atoms with E-state index >= 15 is 0 Å². The minimum atomic E-state index is -0.956. The Morgan fingerprint density at radius 3 is 2.73 bits per heavy atom. The molecule has 2 heterocycles. The van der Waals surface area contributed by atoms with E-state index in [-0.39, 0.29) is 18.5 Å². The fourth-order valence-electron chi connectivity index (χ4n) is 3.63. The SMILES string of the molecule is O=C(NCc1cccc2ccccc12)c1cn([C@H]2C[C@H](O)[C@@H](CO)O2)c(=O)[nH]c1=O. The molecule has 3 aromatic rings. The molecule has 4 N–H and O–H groups in total. The highest BCUT2D eigenvalue weighted by molar-refractivity contribution is 5.94. The number of hydrogen-bond donors (Lipinski definition) is 4. The summed E-state index contributed by atoms with van der Waals surface area (Å²) in [5.41, 5.74) is -0.940. The number of hydrogen-bond acceptors (Lipinski definition) is 6. The van der Waals surface area contributed by atoms with E-state index in [2.05, 4.69) is 10.3 Å². The van der Waals surface area contributed by atoms with Crippen LogP contribution in [0.1, 0.15) is 28.6 Å². The summed E-state index contributed by atoms with van der Waals surface area (Å²) >= 11 is 0. The predicted octanol–water partition coefficient (Wildman–Crippen LogP) is 0.260. The Morgan fingerprint density at radius 1 is 1.20 bits per heavy atom. The number of H-pyrrole nitrogens is 1. The average molecular weight is 411 g/mol. The second-order valence-corrected chi connectivity index (χ2v) is 7.15. The van der Waals surface area contributed by atoms with Crippen molar-refractivity contribution in [2.75, 3.05) is 6.61 Å². The number of aromatic amines is 1. The molecule has 9 heteroatoms. The van der Waals surface area contributed by atoms with Gasteiger partial charge in [0.1, 0.15) is 17.9 Å². The van der Waals surface area contributed by atoms with Gasteiger partial charge in [-0.1, -0.05) is 42.5 Å². The third-order valence-electron chi connectivity index (χ3n) is 5.23. The van der Waals surface area contributed by atoms with Crippen molar-refractivity contribution in [1.29, 1.82) is 0 Å². The second kappa shape index (κ2) is 8.23. The summed E-state index contributed by atoms with van der Waals surface area (Å²) in [4.78, 5) is 39.1. The highest BCUT2D eigenvalue weighted by atomic mass is 16.5. The van der Waals surface area contributed by atoms with Crippen molar-refractivity contribution in [3.05, 3.63) is 80.6 Å². The fraction of sp³-hybridized carbons (Fsp3) is 0.286. The number of benzene rings is 2. The van der Waals surface area contributed by atoms with Crippen molar-refractivity contribution >= 4 is 16.7 Å². The third kappa shape index (κ3) is 3.78. The van der Waals surface area contributed by atoms with Gasteiger partial charge < -0.3 is 20.3 Å². The summed E-state index contributed by atoms with van der Waals surface area (Å²) in [6, 6.07) is 13.5. The smallest absolute Gasteiger partial charge is 0.330 e. The lowest BCUT2D eigenvalue weighted by atomic mass is 10.0. The first-order chi connectivity index (χ1) is 14.5. The molecular weight excluding hydrogens is 390 g/mol. The van der Waals surface area contributed by atoms with Crippen molar-refractivity contribution in [3.63, 3.8) is 0 Å². The van der Waals surface area contributed by atoms with Crippen molar-refractivity contribution < 1.29 is 19.7 Å². The molecule has 1 aliphatic heterocycles. The maximum atomic E-state index is 12.7. The van der Waals surface area contributed by atoms with Gasteiger partial charge in [0.25, 0.3) is 11.5 Å². The van der Waals surface area contributed by atoms with Gasteiger partial charge in [-0.2, -0.15) is 0 Å². The van der Waals surface area contributed by atoms with Crippen molar-refractivity contribution in [1.82, 2.24) is 14.9 Å². The van der Waals surface area contributed by atoms with Crippen LogP contribution in [0.25, 0.3) is 10.8 Å². The quantitative estimate of drug-likeness (QED) is 0.476. The topological polar surface area (TPSA) is 134 Å². The number of carbonyl (C=O) groups is 1. The molecular formula is C21H21N3O6. The standard InChI is InChI=1S/C21H21N3O6/c25-11-17-16(26)8-18(30-17)24-10-15(20(28)23-21(24)29)19(27)22-9-13-6-3-5-12-4-1-2-7-14(12)13/h1-7,10,16-18,25-26H,8-9,11H2,(H,22,27)(H,23,28,29)/t16-,17+,18+/m0/s1. The van der Waals surface area contributed by atoms with E-state index in [4.69, 9.17) is 4.74 Å². The van der Waals surface area contributed by atoms with Gasteiger partial charge in [-0.15, -0.1) is 0 Å². The lowest BCUT2D eigenvalue weighted by Crippen LogP contribution is -2.38. The highest BCUT2D eigenvalue weighted by Crippen LogP contribution is 2.27. The number of ether oxygens (including phenoxy) is 1. The number of aromatic nitrogens is 2. The molecule has 0 unspecified atom stereocenters. The summed E-state index contributed by atoms with van der Waals surface area (Å²) < 4.78 is 6.50. The van der Waals surface area contributed by atoms with Crippen LogP contribution in [0.2, 0.25) is 0 Å². The molecule has 2 aromatic carbocycles. The Bertz CT molecular complexity index is 1200. The van der Waals surface area contributed by atoms with Crippen LogP contribution in [0.15, 0.2) is 58.3 Å². The van der Waals surface area contributed by atoms with E-state index in [9.17, 15) is 24.6 Å². The number of rotatable bonds is 5. The lowest BCUT2D eigenvalue weighted by molar-refractivity contribution is -0.0459. The van der Waals surface area contributed by atoms with Crippen LogP contribution >= 0.6 is 0 Å². The first-order valence-corrected chi connectivity index (χ1v) is 9.52. The molecule has 0 aliphatic carbocycles. The number of aliphatic hydroxyl groups excluding tert-OH is 2. The number of nitrogens with one attached hydrogen (secondary N) is 2. The third-order valence-corrected chi connectivity index (χ3v) is 5.23. The molecule has 30 heavy (non-hydrogen) atoms. The molecule has 0 saturated carbocycles. The zero-order valence-electron chi connectivity index (χ0n) is 15.9. The number of carbonyl (C=O) groups excluding carboxylic acids is 1. The van der Waals surface area contributed by atoms with Gasteiger partial charge in [-0.25, -0.2) is 4.79 Å². The molecule has 0 bridgehead atoms. The first-order valence-electron chi connectivity index (χ1n) is 9.52. The van der Waals surface area contributed by atoms with Crippen LogP contribution in [0, 0.1) is 0 Å². The predicted molar refractivity (Wildman–Crippen MR) is 108 cm³/mol. The molecule has 4 rings (SSSR count). The highest BCUT2D eigenvalue weighted by Gasteiger charge is 2.35. The lowest BCUT2D eigenvalue weighted by Gasteiger charge is -2.15. The number of nitrogens with zero attached hydrogens (tertiary/aromatic N) is 1. The Hall–Kier alpha value is -3.27. The largest absolute Gasteiger partial charge is 0.394 e. The first kappa shape index (κ1) is 20.0. The van der Waals surface area contributed by atoms with E-state index in [1.54, 1.807) is 0 Å². The maximum Gasteiger partial charge on any atom is 0.330 e. The van der Waals surface area contributed by atoms with Gasteiger partial charge >= 0.3 is 5.69 Å². The molecule has 1 aromatic heterocycles. The number of aliphatic hydroxyl groups is 2. The van der Waals surface area contributed by atoms with E-state index in [1.165, 1.54) is 0 Å². The Morgan fingerprint density at radius 2 is 1.97 bits per heavy atom.